The second-order valence-corrected chi connectivity index (χ2v) is 6.00. The molecule has 18 heavy (non-hydrogen) atoms. The zero-order valence-corrected chi connectivity index (χ0v) is 12.4. The molecule has 1 atom stereocenters. The first-order valence-corrected chi connectivity index (χ1v) is 7.61. The summed E-state index contributed by atoms with van der Waals surface area (Å²) < 4.78 is 5.82. The van der Waals surface area contributed by atoms with Crippen LogP contribution >= 0.6 is 0 Å². The van der Waals surface area contributed by atoms with Gasteiger partial charge >= 0.3 is 0 Å². The average molecular weight is 257 g/mol. The molecule has 2 N–H and O–H groups in total. The van der Waals surface area contributed by atoms with Gasteiger partial charge in [-0.15, -0.1) is 0 Å². The minimum Gasteiger partial charge on any atom is -0.394 e. The molecule has 0 aromatic heterocycles. The van der Waals surface area contributed by atoms with E-state index in [0.29, 0.717) is 18.6 Å². The zero-order valence-electron chi connectivity index (χ0n) is 12.4. The molecule has 1 fully saturated rings. The van der Waals surface area contributed by atoms with E-state index in [-0.39, 0.29) is 12.1 Å². The first-order valence-electron chi connectivity index (χ1n) is 7.61. The van der Waals surface area contributed by atoms with E-state index in [1.165, 1.54) is 32.1 Å². The molecule has 0 bridgehead atoms. The summed E-state index contributed by atoms with van der Waals surface area (Å²) in [7, 11) is 0. The molecule has 0 heterocycles. The highest BCUT2D eigenvalue weighted by Gasteiger charge is 2.45. The number of aliphatic hydroxyl groups is 1. The first-order chi connectivity index (χ1) is 8.64. The minimum absolute atomic E-state index is 0.185. The number of unbranched alkanes of at least 4 members (excludes halogenated alkanes) is 3. The fourth-order valence-electron chi connectivity index (χ4n) is 2.59. The van der Waals surface area contributed by atoms with Gasteiger partial charge in [-0.05, 0) is 25.2 Å². The number of hydrogen-bond acceptors (Lipinski definition) is 3. The van der Waals surface area contributed by atoms with Crippen LogP contribution in [0.15, 0.2) is 0 Å². The van der Waals surface area contributed by atoms with Crippen LogP contribution in [0.5, 0.6) is 0 Å². The fourth-order valence-corrected chi connectivity index (χ4v) is 2.59. The van der Waals surface area contributed by atoms with Gasteiger partial charge in [0.1, 0.15) is 0 Å². The summed E-state index contributed by atoms with van der Waals surface area (Å²) in [6.45, 7) is 8.15. The smallest absolute Gasteiger partial charge is 0.0681 e. The molecule has 0 saturated heterocycles. The zero-order chi connectivity index (χ0) is 13.4. The number of rotatable bonds is 11. The van der Waals surface area contributed by atoms with Gasteiger partial charge in [-0.25, -0.2) is 0 Å². The predicted molar refractivity (Wildman–Crippen MR) is 75.8 cm³/mol. The second kappa shape index (κ2) is 8.13. The van der Waals surface area contributed by atoms with Crippen molar-refractivity contribution < 1.29 is 9.84 Å². The lowest BCUT2D eigenvalue weighted by Gasteiger charge is -2.35. The van der Waals surface area contributed by atoms with Crippen LogP contribution in [0.25, 0.3) is 0 Å². The lowest BCUT2D eigenvalue weighted by Crippen LogP contribution is -2.56. The summed E-state index contributed by atoms with van der Waals surface area (Å²) in [5.74, 6) is 0.598. The van der Waals surface area contributed by atoms with E-state index >= 15 is 0 Å². The molecular formula is C15H31NO2. The van der Waals surface area contributed by atoms with Crippen molar-refractivity contribution in [3.63, 3.8) is 0 Å². The Bertz CT molecular complexity index is 217. The highest BCUT2D eigenvalue weighted by molar-refractivity contribution is 5.01. The van der Waals surface area contributed by atoms with Crippen LogP contribution in [0, 0.1) is 5.92 Å². The molecule has 3 heteroatoms. The predicted octanol–water partition coefficient (Wildman–Crippen LogP) is 2.72. The van der Waals surface area contributed by atoms with Gasteiger partial charge in [0.25, 0.3) is 0 Å². The lowest BCUT2D eigenvalue weighted by molar-refractivity contribution is 0.0179. The molecule has 0 aliphatic heterocycles. The van der Waals surface area contributed by atoms with Crippen LogP contribution < -0.4 is 5.32 Å². The second-order valence-electron chi connectivity index (χ2n) is 6.00. The van der Waals surface area contributed by atoms with Crippen LogP contribution in [0.3, 0.4) is 0 Å². The van der Waals surface area contributed by atoms with E-state index in [1.807, 2.05) is 0 Å². The van der Waals surface area contributed by atoms with Crippen molar-refractivity contribution in [2.24, 2.45) is 5.92 Å². The van der Waals surface area contributed by atoms with Crippen LogP contribution in [0.1, 0.15) is 59.3 Å². The van der Waals surface area contributed by atoms with Crippen molar-refractivity contribution in [3.05, 3.63) is 0 Å². The van der Waals surface area contributed by atoms with Crippen molar-refractivity contribution in [1.82, 2.24) is 5.32 Å². The monoisotopic (exact) mass is 257 g/mol. The van der Waals surface area contributed by atoms with E-state index in [1.54, 1.807) is 0 Å². The van der Waals surface area contributed by atoms with Crippen molar-refractivity contribution in [1.29, 1.82) is 0 Å². The Kier molecular flexibility index (Phi) is 7.20. The van der Waals surface area contributed by atoms with Gasteiger partial charge in [-0.2, -0.15) is 0 Å². The van der Waals surface area contributed by atoms with Crippen LogP contribution in [0.4, 0.5) is 0 Å². The van der Waals surface area contributed by atoms with E-state index in [9.17, 15) is 5.11 Å². The van der Waals surface area contributed by atoms with Crippen LogP contribution in [0.2, 0.25) is 0 Å². The highest BCUT2D eigenvalue weighted by Crippen LogP contribution is 2.40. The van der Waals surface area contributed by atoms with Crippen molar-refractivity contribution in [2.45, 2.75) is 70.9 Å². The minimum atomic E-state index is -0.196. The number of ether oxygens (including phenoxy) is 1. The molecule has 1 aliphatic rings. The Labute approximate surface area is 112 Å². The number of nitrogens with one attached hydrogen (secondary N) is 1. The van der Waals surface area contributed by atoms with Gasteiger partial charge in [0.15, 0.2) is 0 Å². The standard InChI is InChI=1S/C15H31NO2/c1-4-5-6-7-10-18-12-15(11-17,14-8-9-14)16-13(2)3/h13-14,16-17H,4-12H2,1-3H3. The third kappa shape index (κ3) is 5.25. The molecule has 0 aromatic rings. The van der Waals surface area contributed by atoms with Gasteiger partial charge in [-0.3, -0.25) is 0 Å². The van der Waals surface area contributed by atoms with Gasteiger partial charge in [0, 0.05) is 12.6 Å². The van der Waals surface area contributed by atoms with Gasteiger partial charge in [-0.1, -0.05) is 40.0 Å². The Morgan fingerprint density at radius 2 is 2.00 bits per heavy atom. The summed E-state index contributed by atoms with van der Waals surface area (Å²) in [5.41, 5.74) is -0.196. The lowest BCUT2D eigenvalue weighted by atomic mass is 9.94. The SMILES string of the molecule is CCCCCCOCC(CO)(NC(C)C)C1CC1. The highest BCUT2D eigenvalue weighted by atomic mass is 16.5. The largest absolute Gasteiger partial charge is 0.394 e. The molecule has 3 nitrogen and oxygen atoms in total. The molecule has 0 aromatic carbocycles. The molecule has 0 amide bonds. The molecule has 1 unspecified atom stereocenters. The van der Waals surface area contributed by atoms with E-state index in [2.05, 4.69) is 26.1 Å². The Morgan fingerprint density at radius 1 is 1.28 bits per heavy atom. The normalized spacial score (nSPS) is 19.2. The molecule has 0 radical (unpaired) electrons. The molecule has 1 rings (SSSR count). The summed E-state index contributed by atoms with van der Waals surface area (Å²) in [5, 5.41) is 13.3. The molecule has 1 aliphatic carbocycles. The molecular weight excluding hydrogens is 226 g/mol. The third-order valence-electron chi connectivity index (χ3n) is 3.72. The van der Waals surface area contributed by atoms with Gasteiger partial charge in [0.2, 0.25) is 0 Å². The summed E-state index contributed by atoms with van der Waals surface area (Å²) in [6.07, 6.45) is 7.39. The van der Waals surface area contributed by atoms with Crippen LogP contribution in [-0.2, 0) is 4.74 Å². The van der Waals surface area contributed by atoms with Crippen molar-refractivity contribution in [2.75, 3.05) is 19.8 Å². The fraction of sp³-hybridized carbons (Fsp3) is 1.00. The summed E-state index contributed by atoms with van der Waals surface area (Å²) >= 11 is 0. The first kappa shape index (κ1) is 15.9. The van der Waals surface area contributed by atoms with E-state index in [0.717, 1.165) is 13.0 Å². The van der Waals surface area contributed by atoms with Gasteiger partial charge in [0.05, 0.1) is 18.8 Å². The average Bonchev–Trinajstić information content (AvgIpc) is 3.16. The summed E-state index contributed by atoms with van der Waals surface area (Å²) in [4.78, 5) is 0. The maximum Gasteiger partial charge on any atom is 0.0681 e. The Balaban J connectivity index is 2.27. The maximum atomic E-state index is 9.73. The summed E-state index contributed by atoms with van der Waals surface area (Å²) in [6, 6.07) is 0.390. The number of hydrogen-bond donors (Lipinski definition) is 2. The van der Waals surface area contributed by atoms with Crippen molar-refractivity contribution in [3.8, 4) is 0 Å². The van der Waals surface area contributed by atoms with Crippen molar-refractivity contribution >= 4 is 0 Å². The van der Waals surface area contributed by atoms with E-state index < -0.39 is 0 Å². The maximum absolute atomic E-state index is 9.73. The number of aliphatic hydroxyl groups excluding tert-OH is 1. The topological polar surface area (TPSA) is 41.5 Å². The van der Waals surface area contributed by atoms with Gasteiger partial charge < -0.3 is 15.2 Å². The van der Waals surface area contributed by atoms with E-state index in [4.69, 9.17) is 4.74 Å². The van der Waals surface area contributed by atoms with Crippen LogP contribution in [-0.4, -0.2) is 36.5 Å². The Hall–Kier alpha value is -0.120. The third-order valence-corrected chi connectivity index (χ3v) is 3.72. The Morgan fingerprint density at radius 3 is 2.50 bits per heavy atom. The molecule has 0 spiro atoms. The molecule has 1 saturated carbocycles. The molecule has 108 valence electrons. The quantitative estimate of drug-likeness (QED) is 0.559.